The number of anilines is 1. The number of urea groups is 1. The number of carbonyl (C=O) groups excluding carboxylic acids is 3. The number of aryl methyl sites for hydroxylation is 1. The van der Waals surface area contributed by atoms with Crippen LogP contribution in [0.15, 0.2) is 84.6 Å². The molecular formula is C27H21N3O3. The fourth-order valence-corrected chi connectivity index (χ4v) is 4.04. The molecule has 5 rings (SSSR count). The third-order valence-electron chi connectivity index (χ3n) is 5.70. The van der Waals surface area contributed by atoms with Crippen LogP contribution in [0, 0.1) is 6.92 Å². The van der Waals surface area contributed by atoms with Crippen molar-refractivity contribution in [2.24, 2.45) is 0 Å². The molecule has 6 nitrogen and oxygen atoms in total. The molecule has 1 saturated heterocycles. The zero-order valence-corrected chi connectivity index (χ0v) is 18.0. The number of carbonyl (C=O) groups is 3. The molecule has 0 aromatic heterocycles. The number of nitrogens with zero attached hydrogens (tertiary/aromatic N) is 1. The fraction of sp³-hybridized carbons (Fsp3) is 0.0741. The lowest BCUT2D eigenvalue weighted by Crippen LogP contribution is -2.38. The predicted octanol–water partition coefficient (Wildman–Crippen LogP) is 4.83. The molecule has 0 radical (unpaired) electrons. The van der Waals surface area contributed by atoms with Gasteiger partial charge in [0, 0.05) is 5.69 Å². The SMILES string of the molecule is Cc1ccc(NC(=O)CN2C(=O)N/C(=C\c3c4ccccc4cc4ccccc34)C2=O)cc1. The van der Waals surface area contributed by atoms with Crippen LogP contribution in [0.5, 0.6) is 0 Å². The van der Waals surface area contributed by atoms with Gasteiger partial charge in [-0.2, -0.15) is 0 Å². The third kappa shape index (κ3) is 3.94. The zero-order chi connectivity index (χ0) is 22.9. The molecule has 0 saturated carbocycles. The van der Waals surface area contributed by atoms with Crippen LogP contribution in [0.3, 0.4) is 0 Å². The Hall–Kier alpha value is -4.45. The Morgan fingerprint density at radius 3 is 2.15 bits per heavy atom. The number of fused-ring (bicyclic) bond motifs is 2. The minimum absolute atomic E-state index is 0.143. The average Bonchev–Trinajstić information content (AvgIpc) is 3.07. The summed E-state index contributed by atoms with van der Waals surface area (Å²) in [4.78, 5) is 38.9. The molecule has 4 aromatic carbocycles. The van der Waals surface area contributed by atoms with Crippen LogP contribution < -0.4 is 10.6 Å². The molecule has 33 heavy (non-hydrogen) atoms. The molecule has 6 heteroatoms. The summed E-state index contributed by atoms with van der Waals surface area (Å²) < 4.78 is 0. The molecule has 4 aromatic rings. The first-order valence-corrected chi connectivity index (χ1v) is 10.6. The van der Waals surface area contributed by atoms with Crippen molar-refractivity contribution in [2.75, 3.05) is 11.9 Å². The molecule has 1 aliphatic heterocycles. The number of benzene rings is 4. The van der Waals surface area contributed by atoms with E-state index in [-0.39, 0.29) is 12.2 Å². The summed E-state index contributed by atoms with van der Waals surface area (Å²) in [5, 5.41) is 9.36. The monoisotopic (exact) mass is 435 g/mol. The molecule has 1 aliphatic rings. The molecule has 0 bridgehead atoms. The first kappa shape index (κ1) is 20.5. The standard InChI is InChI=1S/C27H21N3O3/c1-17-10-12-20(13-11-17)28-25(31)16-30-26(32)24(29-27(30)33)15-23-21-8-4-2-6-18(21)14-19-7-3-5-9-22(19)23/h2-15H,16H2,1H3,(H,28,31)(H,29,33)/b24-15-. The van der Waals surface area contributed by atoms with Crippen LogP contribution in [0.1, 0.15) is 11.1 Å². The van der Waals surface area contributed by atoms with Gasteiger partial charge in [-0.15, -0.1) is 0 Å². The van der Waals surface area contributed by atoms with Crippen LogP contribution in [0.25, 0.3) is 27.6 Å². The molecular weight excluding hydrogens is 414 g/mol. The lowest BCUT2D eigenvalue weighted by Gasteiger charge is -2.12. The van der Waals surface area contributed by atoms with Crippen LogP contribution in [-0.4, -0.2) is 29.3 Å². The maximum absolute atomic E-state index is 13.0. The summed E-state index contributed by atoms with van der Waals surface area (Å²) in [7, 11) is 0. The van der Waals surface area contributed by atoms with E-state index in [0.29, 0.717) is 5.69 Å². The van der Waals surface area contributed by atoms with Gasteiger partial charge in [0.1, 0.15) is 12.2 Å². The maximum atomic E-state index is 13.0. The largest absolute Gasteiger partial charge is 0.329 e. The average molecular weight is 435 g/mol. The van der Waals surface area contributed by atoms with Gasteiger partial charge in [-0.05, 0) is 58.3 Å². The number of amides is 4. The van der Waals surface area contributed by atoms with Gasteiger partial charge >= 0.3 is 6.03 Å². The lowest BCUT2D eigenvalue weighted by atomic mass is 9.96. The van der Waals surface area contributed by atoms with Gasteiger partial charge in [-0.3, -0.25) is 9.59 Å². The second kappa shape index (κ2) is 8.24. The topological polar surface area (TPSA) is 78.5 Å². The van der Waals surface area contributed by atoms with Crippen molar-refractivity contribution in [3.05, 3.63) is 95.7 Å². The molecule has 0 spiro atoms. The molecule has 1 heterocycles. The minimum atomic E-state index is -0.616. The van der Waals surface area contributed by atoms with E-state index in [1.165, 1.54) is 0 Å². The van der Waals surface area contributed by atoms with Gasteiger partial charge in [0.25, 0.3) is 5.91 Å². The van der Waals surface area contributed by atoms with Gasteiger partial charge in [0.05, 0.1) is 0 Å². The molecule has 1 fully saturated rings. The molecule has 2 N–H and O–H groups in total. The predicted molar refractivity (Wildman–Crippen MR) is 129 cm³/mol. The van der Waals surface area contributed by atoms with Crippen LogP contribution in [0.2, 0.25) is 0 Å². The van der Waals surface area contributed by atoms with Crippen molar-refractivity contribution < 1.29 is 14.4 Å². The lowest BCUT2D eigenvalue weighted by molar-refractivity contribution is -0.127. The van der Waals surface area contributed by atoms with Crippen LogP contribution >= 0.6 is 0 Å². The van der Waals surface area contributed by atoms with Crippen molar-refractivity contribution in [2.45, 2.75) is 6.92 Å². The molecule has 4 amide bonds. The Morgan fingerprint density at radius 1 is 0.909 bits per heavy atom. The maximum Gasteiger partial charge on any atom is 0.329 e. The van der Waals surface area contributed by atoms with Gasteiger partial charge in [0.2, 0.25) is 5.91 Å². The van der Waals surface area contributed by atoms with E-state index in [4.69, 9.17) is 0 Å². The highest BCUT2D eigenvalue weighted by Crippen LogP contribution is 2.30. The van der Waals surface area contributed by atoms with Crippen molar-refractivity contribution in [1.82, 2.24) is 10.2 Å². The third-order valence-corrected chi connectivity index (χ3v) is 5.70. The molecule has 162 valence electrons. The number of rotatable bonds is 4. The van der Waals surface area contributed by atoms with E-state index in [0.717, 1.165) is 37.6 Å². The normalized spacial score (nSPS) is 14.8. The van der Waals surface area contributed by atoms with E-state index in [9.17, 15) is 14.4 Å². The second-order valence-corrected chi connectivity index (χ2v) is 8.03. The fourth-order valence-electron chi connectivity index (χ4n) is 4.04. The van der Waals surface area contributed by atoms with Crippen LogP contribution in [-0.2, 0) is 9.59 Å². The van der Waals surface area contributed by atoms with Gasteiger partial charge in [0.15, 0.2) is 0 Å². The first-order valence-electron chi connectivity index (χ1n) is 10.6. The Kier molecular flexibility index (Phi) is 5.11. The van der Waals surface area contributed by atoms with E-state index < -0.39 is 17.8 Å². The Labute approximate surface area is 190 Å². The molecule has 0 atom stereocenters. The first-order chi connectivity index (χ1) is 16.0. The minimum Gasteiger partial charge on any atom is -0.325 e. The van der Waals surface area contributed by atoms with Gasteiger partial charge in [-0.1, -0.05) is 66.2 Å². The number of hydrogen-bond acceptors (Lipinski definition) is 3. The Balaban J connectivity index is 1.45. The summed E-state index contributed by atoms with van der Waals surface area (Å²) in [5.74, 6) is -0.977. The van der Waals surface area contributed by atoms with E-state index in [1.807, 2.05) is 67.6 Å². The van der Waals surface area contributed by atoms with E-state index in [1.54, 1.807) is 18.2 Å². The quantitative estimate of drug-likeness (QED) is 0.274. The Bertz CT molecular complexity index is 1400. The number of nitrogens with one attached hydrogen (secondary N) is 2. The summed E-state index contributed by atoms with van der Waals surface area (Å²) in [6, 6.07) is 24.6. The van der Waals surface area contributed by atoms with Crippen molar-refractivity contribution in [3.63, 3.8) is 0 Å². The number of hydrogen-bond donors (Lipinski definition) is 2. The summed E-state index contributed by atoms with van der Waals surface area (Å²) >= 11 is 0. The molecule has 0 unspecified atom stereocenters. The highest BCUT2D eigenvalue weighted by Gasteiger charge is 2.35. The van der Waals surface area contributed by atoms with Crippen molar-refractivity contribution in [1.29, 1.82) is 0 Å². The van der Waals surface area contributed by atoms with Crippen LogP contribution in [0.4, 0.5) is 10.5 Å². The highest BCUT2D eigenvalue weighted by molar-refractivity contribution is 6.18. The smallest absolute Gasteiger partial charge is 0.325 e. The summed E-state index contributed by atoms with van der Waals surface area (Å²) in [6.45, 7) is 1.58. The summed E-state index contributed by atoms with van der Waals surface area (Å²) in [6.07, 6.45) is 1.70. The van der Waals surface area contributed by atoms with Gasteiger partial charge < -0.3 is 10.6 Å². The highest BCUT2D eigenvalue weighted by atomic mass is 16.2. The zero-order valence-electron chi connectivity index (χ0n) is 18.0. The van der Waals surface area contributed by atoms with E-state index >= 15 is 0 Å². The Morgan fingerprint density at radius 2 is 1.52 bits per heavy atom. The van der Waals surface area contributed by atoms with Crippen molar-refractivity contribution in [3.8, 4) is 0 Å². The summed E-state index contributed by atoms with van der Waals surface area (Å²) in [5.41, 5.74) is 2.66. The second-order valence-electron chi connectivity index (χ2n) is 8.03. The van der Waals surface area contributed by atoms with Crippen molar-refractivity contribution >= 4 is 51.2 Å². The molecule has 0 aliphatic carbocycles. The number of imide groups is 1. The van der Waals surface area contributed by atoms with Gasteiger partial charge in [-0.25, -0.2) is 9.69 Å². The van der Waals surface area contributed by atoms with E-state index in [2.05, 4.69) is 16.7 Å².